The highest BCUT2D eigenvalue weighted by Gasteiger charge is 2.39. The molecule has 0 aliphatic carbocycles. The van der Waals surface area contributed by atoms with Crippen molar-refractivity contribution in [3.05, 3.63) is 35.4 Å². The number of β-amino-alcohol motifs (C(OH)–C–C–N with tert-alkyl or cyclic N) is 1. The molecule has 2 rings (SSSR count). The van der Waals surface area contributed by atoms with Gasteiger partial charge in [-0.15, -0.1) is 0 Å². The Labute approximate surface area is 96.9 Å². The van der Waals surface area contributed by atoms with Gasteiger partial charge in [-0.25, -0.2) is 0 Å². The molecule has 0 radical (unpaired) electrons. The van der Waals surface area contributed by atoms with E-state index in [1.54, 1.807) is 0 Å². The quantitative estimate of drug-likeness (QED) is 0.792. The van der Waals surface area contributed by atoms with E-state index in [1.165, 1.54) is 11.1 Å². The zero-order valence-electron chi connectivity index (χ0n) is 9.82. The molecule has 0 unspecified atom stereocenters. The van der Waals surface area contributed by atoms with E-state index in [0.29, 0.717) is 13.0 Å². The molecule has 1 aliphatic rings. The SMILES string of the molecule is Cc1ccc(CN2CC(O)(CCN)C2)cc1. The minimum absolute atomic E-state index is 0.528. The summed E-state index contributed by atoms with van der Waals surface area (Å²) in [7, 11) is 0. The van der Waals surface area contributed by atoms with Crippen molar-refractivity contribution in [2.24, 2.45) is 5.73 Å². The van der Waals surface area contributed by atoms with Gasteiger partial charge in [0.1, 0.15) is 0 Å². The van der Waals surface area contributed by atoms with Crippen LogP contribution in [0.5, 0.6) is 0 Å². The number of rotatable bonds is 4. The molecule has 1 saturated heterocycles. The van der Waals surface area contributed by atoms with Crippen LogP contribution in [0.2, 0.25) is 0 Å². The molecule has 0 bridgehead atoms. The normalized spacial score (nSPS) is 19.4. The summed E-state index contributed by atoms with van der Waals surface area (Å²) < 4.78 is 0. The smallest absolute Gasteiger partial charge is 0.0912 e. The van der Waals surface area contributed by atoms with Crippen molar-refractivity contribution in [3.8, 4) is 0 Å². The first-order valence-corrected chi connectivity index (χ1v) is 5.82. The second-order valence-corrected chi connectivity index (χ2v) is 4.89. The Kier molecular flexibility index (Phi) is 3.28. The van der Waals surface area contributed by atoms with Gasteiger partial charge in [0, 0.05) is 19.6 Å². The summed E-state index contributed by atoms with van der Waals surface area (Å²) in [6.07, 6.45) is 0.706. The van der Waals surface area contributed by atoms with Crippen LogP contribution < -0.4 is 5.73 Å². The van der Waals surface area contributed by atoms with Crippen molar-refractivity contribution in [3.63, 3.8) is 0 Å². The molecule has 1 fully saturated rings. The van der Waals surface area contributed by atoms with Crippen LogP contribution in [0.4, 0.5) is 0 Å². The van der Waals surface area contributed by atoms with Crippen molar-refractivity contribution >= 4 is 0 Å². The van der Waals surface area contributed by atoms with E-state index in [-0.39, 0.29) is 0 Å². The molecule has 88 valence electrons. The molecular formula is C13H20N2O. The van der Waals surface area contributed by atoms with Crippen LogP contribution in [-0.2, 0) is 6.54 Å². The third-order valence-corrected chi connectivity index (χ3v) is 3.17. The molecule has 1 aromatic rings. The summed E-state index contributed by atoms with van der Waals surface area (Å²) in [5.41, 5.74) is 7.52. The zero-order chi connectivity index (χ0) is 11.6. The summed E-state index contributed by atoms with van der Waals surface area (Å²) in [6.45, 7) is 5.07. The van der Waals surface area contributed by atoms with Gasteiger partial charge in [-0.3, -0.25) is 4.90 Å². The molecule has 0 aromatic heterocycles. The predicted octanol–water partition coefficient (Wildman–Crippen LogP) is 0.891. The number of likely N-dealkylation sites (tertiary alicyclic amines) is 1. The fraction of sp³-hybridized carbons (Fsp3) is 0.538. The maximum Gasteiger partial charge on any atom is 0.0912 e. The van der Waals surface area contributed by atoms with Crippen LogP contribution in [0.1, 0.15) is 17.5 Å². The number of aryl methyl sites for hydroxylation is 1. The monoisotopic (exact) mass is 220 g/mol. The molecule has 1 heterocycles. The van der Waals surface area contributed by atoms with Gasteiger partial charge in [-0.2, -0.15) is 0 Å². The number of nitrogens with zero attached hydrogens (tertiary/aromatic N) is 1. The molecule has 0 spiro atoms. The minimum Gasteiger partial charge on any atom is -0.387 e. The molecule has 1 aromatic carbocycles. The molecule has 3 heteroatoms. The van der Waals surface area contributed by atoms with Crippen LogP contribution in [0, 0.1) is 6.92 Å². The second kappa shape index (κ2) is 4.53. The van der Waals surface area contributed by atoms with E-state index >= 15 is 0 Å². The van der Waals surface area contributed by atoms with E-state index in [4.69, 9.17) is 5.73 Å². The molecule has 0 atom stereocenters. The Morgan fingerprint density at radius 1 is 1.31 bits per heavy atom. The standard InChI is InChI=1S/C13H20N2O/c1-11-2-4-12(5-3-11)8-15-9-13(16,10-15)6-7-14/h2-5,16H,6-10,14H2,1H3. The molecule has 0 saturated carbocycles. The first-order valence-electron chi connectivity index (χ1n) is 5.82. The number of hydrogen-bond acceptors (Lipinski definition) is 3. The first-order chi connectivity index (χ1) is 7.61. The van der Waals surface area contributed by atoms with Gasteiger partial charge in [0.25, 0.3) is 0 Å². The molecule has 3 N–H and O–H groups in total. The van der Waals surface area contributed by atoms with Crippen molar-refractivity contribution < 1.29 is 5.11 Å². The average Bonchev–Trinajstić information content (AvgIpc) is 2.19. The molecule has 0 amide bonds. The van der Waals surface area contributed by atoms with Gasteiger partial charge in [-0.05, 0) is 25.5 Å². The van der Waals surface area contributed by atoms with Crippen LogP contribution in [0.15, 0.2) is 24.3 Å². The third-order valence-electron chi connectivity index (χ3n) is 3.17. The van der Waals surface area contributed by atoms with Gasteiger partial charge in [0.2, 0.25) is 0 Å². The van der Waals surface area contributed by atoms with Crippen LogP contribution >= 0.6 is 0 Å². The van der Waals surface area contributed by atoms with Crippen LogP contribution in [0.3, 0.4) is 0 Å². The summed E-state index contributed by atoms with van der Waals surface area (Å²) in [4.78, 5) is 2.25. The Bertz CT molecular complexity index is 341. The average molecular weight is 220 g/mol. The summed E-state index contributed by atoms with van der Waals surface area (Å²) in [6, 6.07) is 8.55. The number of benzene rings is 1. The number of hydrogen-bond donors (Lipinski definition) is 2. The molecular weight excluding hydrogens is 200 g/mol. The minimum atomic E-state index is -0.528. The summed E-state index contributed by atoms with van der Waals surface area (Å²) in [5.74, 6) is 0. The lowest BCUT2D eigenvalue weighted by Gasteiger charge is -2.46. The Morgan fingerprint density at radius 2 is 1.94 bits per heavy atom. The van der Waals surface area contributed by atoms with E-state index in [9.17, 15) is 5.11 Å². The van der Waals surface area contributed by atoms with E-state index < -0.39 is 5.60 Å². The lowest BCUT2D eigenvalue weighted by Crippen LogP contribution is -2.61. The van der Waals surface area contributed by atoms with Crippen molar-refractivity contribution in [1.29, 1.82) is 0 Å². The highest BCUT2D eigenvalue weighted by molar-refractivity contribution is 5.21. The zero-order valence-corrected chi connectivity index (χ0v) is 9.82. The van der Waals surface area contributed by atoms with Gasteiger partial charge in [0.05, 0.1) is 5.60 Å². The van der Waals surface area contributed by atoms with Gasteiger partial charge >= 0.3 is 0 Å². The predicted molar refractivity (Wildman–Crippen MR) is 65.1 cm³/mol. The van der Waals surface area contributed by atoms with E-state index in [2.05, 4.69) is 36.1 Å². The fourth-order valence-electron chi connectivity index (χ4n) is 2.28. The van der Waals surface area contributed by atoms with Gasteiger partial charge in [-0.1, -0.05) is 29.8 Å². The highest BCUT2D eigenvalue weighted by Crippen LogP contribution is 2.25. The third kappa shape index (κ3) is 2.61. The number of nitrogens with two attached hydrogens (primary N) is 1. The lowest BCUT2D eigenvalue weighted by atomic mass is 9.90. The molecule has 16 heavy (non-hydrogen) atoms. The van der Waals surface area contributed by atoms with Crippen molar-refractivity contribution in [2.75, 3.05) is 19.6 Å². The maximum atomic E-state index is 9.98. The molecule has 3 nitrogen and oxygen atoms in total. The fourth-order valence-corrected chi connectivity index (χ4v) is 2.28. The van der Waals surface area contributed by atoms with Gasteiger partial charge < -0.3 is 10.8 Å². The maximum absolute atomic E-state index is 9.98. The summed E-state index contributed by atoms with van der Waals surface area (Å²) in [5, 5.41) is 9.98. The Morgan fingerprint density at radius 3 is 2.50 bits per heavy atom. The molecule has 1 aliphatic heterocycles. The van der Waals surface area contributed by atoms with E-state index in [0.717, 1.165) is 19.6 Å². The summed E-state index contributed by atoms with van der Waals surface area (Å²) >= 11 is 0. The number of aliphatic hydroxyl groups is 1. The first kappa shape index (κ1) is 11.6. The van der Waals surface area contributed by atoms with Gasteiger partial charge in [0.15, 0.2) is 0 Å². The van der Waals surface area contributed by atoms with Crippen LogP contribution in [-0.4, -0.2) is 35.2 Å². The Hall–Kier alpha value is -0.900. The topological polar surface area (TPSA) is 49.5 Å². The van der Waals surface area contributed by atoms with Crippen molar-refractivity contribution in [2.45, 2.75) is 25.5 Å². The lowest BCUT2D eigenvalue weighted by molar-refractivity contribution is -0.104. The Balaban J connectivity index is 1.83. The largest absolute Gasteiger partial charge is 0.387 e. The van der Waals surface area contributed by atoms with E-state index in [1.807, 2.05) is 0 Å². The highest BCUT2D eigenvalue weighted by atomic mass is 16.3. The second-order valence-electron chi connectivity index (χ2n) is 4.89. The van der Waals surface area contributed by atoms with Crippen LogP contribution in [0.25, 0.3) is 0 Å². The van der Waals surface area contributed by atoms with Crippen molar-refractivity contribution in [1.82, 2.24) is 4.90 Å².